The molecule has 10 heavy (non-hydrogen) atoms. The molecule has 1 saturated heterocycles. The number of hydrogen-bond acceptors (Lipinski definition) is 3. The van der Waals surface area contributed by atoms with Gasteiger partial charge in [-0.05, 0) is 26.3 Å². The molecule has 0 amide bonds. The molecule has 3 heteroatoms. The number of nitrogens with two attached hydrogens (primary N) is 1. The zero-order chi connectivity index (χ0) is 7.61. The molecule has 0 aliphatic carbocycles. The van der Waals surface area contributed by atoms with Gasteiger partial charge in [-0.2, -0.15) is 11.8 Å². The van der Waals surface area contributed by atoms with Crippen LogP contribution in [0.15, 0.2) is 0 Å². The Morgan fingerprint density at radius 2 is 2.30 bits per heavy atom. The molecule has 0 saturated carbocycles. The van der Waals surface area contributed by atoms with Crippen molar-refractivity contribution in [2.24, 2.45) is 5.73 Å². The van der Waals surface area contributed by atoms with E-state index in [4.69, 9.17) is 5.73 Å². The SMILES string of the molecule is CN(C)C1(CN)CCSC1. The quantitative estimate of drug-likeness (QED) is 0.633. The van der Waals surface area contributed by atoms with E-state index in [-0.39, 0.29) is 0 Å². The minimum absolute atomic E-state index is 0.310. The maximum atomic E-state index is 5.71. The zero-order valence-corrected chi connectivity index (χ0v) is 7.58. The summed E-state index contributed by atoms with van der Waals surface area (Å²) in [6.07, 6.45) is 1.25. The summed E-state index contributed by atoms with van der Waals surface area (Å²) >= 11 is 2.01. The van der Waals surface area contributed by atoms with Crippen molar-refractivity contribution < 1.29 is 0 Å². The van der Waals surface area contributed by atoms with Gasteiger partial charge in [-0.1, -0.05) is 0 Å². The number of likely N-dealkylation sites (N-methyl/N-ethyl adjacent to an activating group) is 1. The van der Waals surface area contributed by atoms with E-state index in [9.17, 15) is 0 Å². The molecular weight excluding hydrogens is 144 g/mol. The van der Waals surface area contributed by atoms with E-state index in [0.717, 1.165) is 6.54 Å². The minimum atomic E-state index is 0.310. The van der Waals surface area contributed by atoms with Crippen molar-refractivity contribution in [3.8, 4) is 0 Å². The van der Waals surface area contributed by atoms with Gasteiger partial charge in [0, 0.05) is 17.8 Å². The summed E-state index contributed by atoms with van der Waals surface area (Å²) in [5.74, 6) is 2.48. The van der Waals surface area contributed by atoms with Gasteiger partial charge in [-0.3, -0.25) is 0 Å². The smallest absolute Gasteiger partial charge is 0.0423 e. The lowest BCUT2D eigenvalue weighted by Gasteiger charge is -2.34. The highest BCUT2D eigenvalue weighted by Gasteiger charge is 2.34. The van der Waals surface area contributed by atoms with Crippen molar-refractivity contribution in [2.45, 2.75) is 12.0 Å². The lowest BCUT2D eigenvalue weighted by molar-refractivity contribution is 0.189. The van der Waals surface area contributed by atoms with Gasteiger partial charge in [0.1, 0.15) is 0 Å². The van der Waals surface area contributed by atoms with Crippen molar-refractivity contribution in [2.75, 3.05) is 32.1 Å². The molecule has 1 rings (SSSR count). The van der Waals surface area contributed by atoms with Crippen LogP contribution >= 0.6 is 11.8 Å². The number of nitrogens with zero attached hydrogens (tertiary/aromatic N) is 1. The topological polar surface area (TPSA) is 29.3 Å². The average molecular weight is 160 g/mol. The van der Waals surface area contributed by atoms with Gasteiger partial charge < -0.3 is 10.6 Å². The number of hydrogen-bond donors (Lipinski definition) is 1. The van der Waals surface area contributed by atoms with E-state index in [1.165, 1.54) is 17.9 Å². The summed E-state index contributed by atoms with van der Waals surface area (Å²) in [4.78, 5) is 2.27. The van der Waals surface area contributed by atoms with Gasteiger partial charge in [0.2, 0.25) is 0 Å². The molecule has 0 spiro atoms. The molecule has 1 unspecified atom stereocenters. The van der Waals surface area contributed by atoms with Crippen LogP contribution in [-0.4, -0.2) is 42.6 Å². The van der Waals surface area contributed by atoms with Crippen molar-refractivity contribution >= 4 is 11.8 Å². The first kappa shape index (κ1) is 8.37. The van der Waals surface area contributed by atoms with Gasteiger partial charge in [0.25, 0.3) is 0 Å². The highest BCUT2D eigenvalue weighted by atomic mass is 32.2. The maximum Gasteiger partial charge on any atom is 0.0423 e. The summed E-state index contributed by atoms with van der Waals surface area (Å²) < 4.78 is 0. The predicted octanol–water partition coefficient (Wildman–Crippen LogP) is 0.382. The van der Waals surface area contributed by atoms with E-state index in [0.29, 0.717) is 5.54 Å². The predicted molar refractivity (Wildman–Crippen MR) is 47.4 cm³/mol. The summed E-state index contributed by atoms with van der Waals surface area (Å²) in [5.41, 5.74) is 6.02. The second kappa shape index (κ2) is 3.11. The Morgan fingerprint density at radius 1 is 1.60 bits per heavy atom. The van der Waals surface area contributed by atoms with Gasteiger partial charge in [-0.15, -0.1) is 0 Å². The molecule has 1 heterocycles. The fourth-order valence-electron chi connectivity index (χ4n) is 1.29. The van der Waals surface area contributed by atoms with Crippen LogP contribution in [0.5, 0.6) is 0 Å². The van der Waals surface area contributed by atoms with Crippen LogP contribution in [0.1, 0.15) is 6.42 Å². The summed E-state index contributed by atoms with van der Waals surface area (Å²) in [6, 6.07) is 0. The first-order valence-electron chi connectivity index (χ1n) is 3.66. The Kier molecular flexibility index (Phi) is 2.61. The Balaban J connectivity index is 2.58. The maximum absolute atomic E-state index is 5.71. The molecule has 0 bridgehead atoms. The standard InChI is InChI=1S/C7H16N2S/c1-9(2)7(5-8)3-4-10-6-7/h3-6,8H2,1-2H3. The summed E-state index contributed by atoms with van der Waals surface area (Å²) in [7, 11) is 4.25. The molecule has 0 aromatic carbocycles. The molecule has 0 aromatic heterocycles. The highest BCUT2D eigenvalue weighted by molar-refractivity contribution is 7.99. The molecule has 1 atom stereocenters. The Morgan fingerprint density at radius 3 is 2.50 bits per heavy atom. The van der Waals surface area contributed by atoms with Crippen LogP contribution in [0.25, 0.3) is 0 Å². The number of rotatable bonds is 2. The third-order valence-electron chi connectivity index (χ3n) is 2.41. The van der Waals surface area contributed by atoms with Crippen LogP contribution in [0, 0.1) is 0 Å². The van der Waals surface area contributed by atoms with E-state index in [1.807, 2.05) is 11.8 Å². The van der Waals surface area contributed by atoms with Crippen molar-refractivity contribution in [1.82, 2.24) is 4.90 Å². The third-order valence-corrected chi connectivity index (χ3v) is 3.65. The molecule has 2 nitrogen and oxygen atoms in total. The lowest BCUT2D eigenvalue weighted by Crippen LogP contribution is -2.50. The van der Waals surface area contributed by atoms with Crippen LogP contribution in [0.4, 0.5) is 0 Å². The molecule has 1 aliphatic rings. The molecule has 2 N–H and O–H groups in total. The van der Waals surface area contributed by atoms with Crippen molar-refractivity contribution in [1.29, 1.82) is 0 Å². The third kappa shape index (κ3) is 1.31. The fourth-order valence-corrected chi connectivity index (χ4v) is 2.86. The summed E-state index contributed by atoms with van der Waals surface area (Å²) in [5, 5.41) is 0. The second-order valence-electron chi connectivity index (χ2n) is 3.13. The highest BCUT2D eigenvalue weighted by Crippen LogP contribution is 2.30. The largest absolute Gasteiger partial charge is 0.329 e. The molecule has 0 aromatic rings. The normalized spacial score (nSPS) is 33.6. The molecule has 0 radical (unpaired) electrons. The Hall–Kier alpha value is 0.270. The van der Waals surface area contributed by atoms with Gasteiger partial charge in [0.15, 0.2) is 0 Å². The second-order valence-corrected chi connectivity index (χ2v) is 4.23. The van der Waals surface area contributed by atoms with Crippen LogP contribution in [0.2, 0.25) is 0 Å². The molecular formula is C7H16N2S. The Bertz CT molecular complexity index is 108. The van der Waals surface area contributed by atoms with Crippen molar-refractivity contribution in [3.05, 3.63) is 0 Å². The van der Waals surface area contributed by atoms with E-state index in [1.54, 1.807) is 0 Å². The van der Waals surface area contributed by atoms with Gasteiger partial charge >= 0.3 is 0 Å². The first-order chi connectivity index (χ1) is 4.71. The average Bonchev–Trinajstić information content (AvgIpc) is 2.35. The van der Waals surface area contributed by atoms with Crippen LogP contribution in [0.3, 0.4) is 0 Å². The Labute approximate surface area is 67.1 Å². The van der Waals surface area contributed by atoms with E-state index in [2.05, 4.69) is 19.0 Å². The van der Waals surface area contributed by atoms with E-state index >= 15 is 0 Å². The summed E-state index contributed by atoms with van der Waals surface area (Å²) in [6.45, 7) is 0.799. The molecule has 1 fully saturated rings. The van der Waals surface area contributed by atoms with Crippen LogP contribution in [-0.2, 0) is 0 Å². The van der Waals surface area contributed by atoms with E-state index < -0.39 is 0 Å². The number of thioether (sulfide) groups is 1. The fraction of sp³-hybridized carbons (Fsp3) is 1.00. The van der Waals surface area contributed by atoms with Crippen molar-refractivity contribution in [3.63, 3.8) is 0 Å². The van der Waals surface area contributed by atoms with Crippen LogP contribution < -0.4 is 5.73 Å². The lowest BCUT2D eigenvalue weighted by atomic mass is 9.98. The molecule has 1 aliphatic heterocycles. The van der Waals surface area contributed by atoms with Gasteiger partial charge in [0.05, 0.1) is 0 Å². The van der Waals surface area contributed by atoms with Gasteiger partial charge in [-0.25, -0.2) is 0 Å². The minimum Gasteiger partial charge on any atom is -0.329 e. The zero-order valence-electron chi connectivity index (χ0n) is 6.76. The first-order valence-corrected chi connectivity index (χ1v) is 4.82. The molecule has 60 valence electrons. The monoisotopic (exact) mass is 160 g/mol.